The van der Waals surface area contributed by atoms with Crippen LogP contribution >= 0.6 is 10.7 Å². The third kappa shape index (κ3) is 2.66. The molecule has 0 radical (unpaired) electrons. The second kappa shape index (κ2) is 5.10. The first kappa shape index (κ1) is 14.9. The summed E-state index contributed by atoms with van der Waals surface area (Å²) in [6.45, 7) is 3.39. The van der Waals surface area contributed by atoms with Gasteiger partial charge in [-0.25, -0.2) is 17.2 Å². The van der Waals surface area contributed by atoms with Crippen molar-refractivity contribution < 1.29 is 17.2 Å². The minimum absolute atomic E-state index is 0.0955. The molecule has 20 heavy (non-hydrogen) atoms. The van der Waals surface area contributed by atoms with E-state index in [1.807, 2.05) is 0 Å². The van der Waals surface area contributed by atoms with E-state index in [9.17, 15) is 17.2 Å². The van der Waals surface area contributed by atoms with Gasteiger partial charge in [0.25, 0.3) is 14.2 Å². The molecule has 108 valence electrons. The first-order chi connectivity index (χ1) is 9.21. The van der Waals surface area contributed by atoms with Crippen LogP contribution < -0.4 is 0 Å². The molecule has 1 aromatic heterocycles. The van der Waals surface area contributed by atoms with Crippen LogP contribution in [0.1, 0.15) is 19.9 Å². The van der Waals surface area contributed by atoms with Crippen molar-refractivity contribution in [2.75, 3.05) is 0 Å². The molecule has 0 fully saturated rings. The Morgan fingerprint density at radius 3 is 2.35 bits per heavy atom. The van der Waals surface area contributed by atoms with E-state index < -0.39 is 25.8 Å². The molecule has 1 heterocycles. The molecule has 2 rings (SSSR count). The molecule has 0 aliphatic carbocycles. The van der Waals surface area contributed by atoms with E-state index in [0.717, 1.165) is 12.1 Å². The molecule has 0 aliphatic heterocycles. The fourth-order valence-electron chi connectivity index (χ4n) is 1.74. The first-order valence-electron chi connectivity index (χ1n) is 5.57. The number of benzene rings is 1. The number of nitrogens with zero attached hydrogens (tertiary/aromatic N) is 3. The minimum atomic E-state index is -4.09. The van der Waals surface area contributed by atoms with Crippen LogP contribution in [-0.4, -0.2) is 23.2 Å². The van der Waals surface area contributed by atoms with Gasteiger partial charge in [-0.1, -0.05) is 0 Å². The second-order valence-corrected chi connectivity index (χ2v) is 6.80. The number of hydrogen-bond acceptors (Lipinski definition) is 4. The summed E-state index contributed by atoms with van der Waals surface area (Å²) in [5.41, 5.74) is 0.205. The van der Waals surface area contributed by atoms with E-state index in [1.54, 1.807) is 13.8 Å². The summed E-state index contributed by atoms with van der Waals surface area (Å²) in [5, 5.41) is 6.78. The third-order valence-corrected chi connectivity index (χ3v) is 3.71. The summed E-state index contributed by atoms with van der Waals surface area (Å²) in [5.74, 6) is -1.97. The second-order valence-electron chi connectivity index (χ2n) is 4.34. The largest absolute Gasteiger partial charge is 0.296 e. The van der Waals surface area contributed by atoms with Crippen LogP contribution in [0.15, 0.2) is 23.4 Å². The van der Waals surface area contributed by atoms with Crippen molar-refractivity contribution in [1.29, 1.82) is 0 Å². The molecule has 5 nitrogen and oxygen atoms in total. The summed E-state index contributed by atoms with van der Waals surface area (Å²) in [6, 6.07) is 2.80. The summed E-state index contributed by atoms with van der Waals surface area (Å²) < 4.78 is 50.3. The van der Waals surface area contributed by atoms with Gasteiger partial charge >= 0.3 is 0 Å². The monoisotopic (exact) mass is 321 g/mol. The Labute approximate surface area is 118 Å². The maximum Gasteiger partial charge on any atom is 0.296 e. The molecule has 1 aromatic carbocycles. The van der Waals surface area contributed by atoms with E-state index in [2.05, 4.69) is 10.2 Å². The summed E-state index contributed by atoms with van der Waals surface area (Å²) >= 11 is 0. The number of hydrogen-bond donors (Lipinski definition) is 0. The van der Waals surface area contributed by atoms with Crippen LogP contribution in [-0.2, 0) is 9.05 Å². The zero-order valence-electron chi connectivity index (χ0n) is 10.5. The zero-order chi connectivity index (χ0) is 15.1. The molecule has 0 amide bonds. The van der Waals surface area contributed by atoms with Crippen molar-refractivity contribution in [1.82, 2.24) is 14.8 Å². The number of halogens is 3. The molecule has 9 heteroatoms. The smallest absolute Gasteiger partial charge is 0.294 e. The lowest BCUT2D eigenvalue weighted by molar-refractivity contribution is 0.508. The number of rotatable bonds is 3. The van der Waals surface area contributed by atoms with Crippen molar-refractivity contribution in [2.24, 2.45) is 0 Å². The molecule has 0 spiro atoms. The minimum Gasteiger partial charge on any atom is -0.294 e. The fraction of sp³-hybridized carbons (Fsp3) is 0.273. The Kier molecular flexibility index (Phi) is 3.79. The SMILES string of the molecule is CC(C)n1c(-c2ccc(F)c(F)c2)nnc1S(=O)(=O)Cl. The summed E-state index contributed by atoms with van der Waals surface area (Å²) in [4.78, 5) is 0. The van der Waals surface area contributed by atoms with Crippen LogP contribution in [0, 0.1) is 11.6 Å². The topological polar surface area (TPSA) is 64.8 Å². The van der Waals surface area contributed by atoms with Crippen LogP contribution in [0.2, 0.25) is 0 Å². The molecule has 0 atom stereocenters. The van der Waals surface area contributed by atoms with Gasteiger partial charge < -0.3 is 0 Å². The van der Waals surface area contributed by atoms with Crippen LogP contribution in [0.4, 0.5) is 8.78 Å². The highest BCUT2D eigenvalue weighted by atomic mass is 35.7. The van der Waals surface area contributed by atoms with Gasteiger partial charge in [0, 0.05) is 22.3 Å². The van der Waals surface area contributed by atoms with Crippen LogP contribution in [0.5, 0.6) is 0 Å². The van der Waals surface area contributed by atoms with E-state index in [4.69, 9.17) is 10.7 Å². The fourth-order valence-corrected chi connectivity index (χ4v) is 2.73. The average molecular weight is 322 g/mol. The summed E-state index contributed by atoms with van der Waals surface area (Å²) in [7, 11) is 1.19. The predicted octanol–water partition coefficient (Wildman–Crippen LogP) is 2.73. The molecule has 0 saturated heterocycles. The highest BCUT2D eigenvalue weighted by molar-refractivity contribution is 8.13. The first-order valence-corrected chi connectivity index (χ1v) is 7.87. The molecule has 0 N–H and O–H groups in total. The van der Waals surface area contributed by atoms with Gasteiger partial charge in [-0.15, -0.1) is 10.2 Å². The van der Waals surface area contributed by atoms with Crippen LogP contribution in [0.25, 0.3) is 11.4 Å². The van der Waals surface area contributed by atoms with Gasteiger partial charge in [0.15, 0.2) is 17.5 Å². The van der Waals surface area contributed by atoms with E-state index in [0.29, 0.717) is 0 Å². The van der Waals surface area contributed by atoms with Crippen molar-refractivity contribution >= 4 is 19.7 Å². The van der Waals surface area contributed by atoms with Crippen molar-refractivity contribution in [3.05, 3.63) is 29.8 Å². The van der Waals surface area contributed by atoms with Crippen molar-refractivity contribution in [3.8, 4) is 11.4 Å². The van der Waals surface area contributed by atoms with Gasteiger partial charge in [-0.2, -0.15) is 0 Å². The quantitative estimate of drug-likeness (QED) is 0.815. The predicted molar refractivity (Wildman–Crippen MR) is 68.8 cm³/mol. The molecule has 0 unspecified atom stereocenters. The van der Waals surface area contributed by atoms with Crippen molar-refractivity contribution in [2.45, 2.75) is 25.0 Å². The van der Waals surface area contributed by atoms with Crippen molar-refractivity contribution in [3.63, 3.8) is 0 Å². The Morgan fingerprint density at radius 1 is 1.20 bits per heavy atom. The highest BCUT2D eigenvalue weighted by Gasteiger charge is 2.25. The third-order valence-electron chi connectivity index (χ3n) is 2.58. The lowest BCUT2D eigenvalue weighted by Crippen LogP contribution is -2.10. The molecule has 0 saturated carbocycles. The van der Waals surface area contributed by atoms with E-state index in [1.165, 1.54) is 10.6 Å². The Balaban J connectivity index is 2.69. The maximum atomic E-state index is 13.3. The van der Waals surface area contributed by atoms with E-state index in [-0.39, 0.29) is 17.4 Å². The van der Waals surface area contributed by atoms with Gasteiger partial charge in [0.1, 0.15) is 0 Å². The zero-order valence-corrected chi connectivity index (χ0v) is 12.1. The average Bonchev–Trinajstić information content (AvgIpc) is 2.77. The Hall–Kier alpha value is -1.54. The van der Waals surface area contributed by atoms with Gasteiger partial charge in [0.2, 0.25) is 0 Å². The number of aromatic nitrogens is 3. The van der Waals surface area contributed by atoms with Gasteiger partial charge in [-0.3, -0.25) is 4.57 Å². The Morgan fingerprint density at radius 2 is 1.85 bits per heavy atom. The summed E-state index contributed by atoms with van der Waals surface area (Å²) in [6.07, 6.45) is 0. The van der Waals surface area contributed by atoms with E-state index >= 15 is 0 Å². The Bertz CT molecular complexity index is 759. The normalized spacial score (nSPS) is 12.1. The standard InChI is InChI=1S/C11H10ClF2N3O2S/c1-6(2)17-10(15-16-11(17)20(12,18)19)7-3-4-8(13)9(14)5-7/h3-6H,1-2H3. The molecule has 0 aliphatic rings. The maximum absolute atomic E-state index is 13.3. The lowest BCUT2D eigenvalue weighted by Gasteiger charge is -2.12. The van der Waals surface area contributed by atoms with Gasteiger partial charge in [-0.05, 0) is 32.0 Å². The molecule has 2 aromatic rings. The van der Waals surface area contributed by atoms with Gasteiger partial charge in [0.05, 0.1) is 0 Å². The molecular weight excluding hydrogens is 312 g/mol. The molecular formula is C11H10ClF2N3O2S. The molecule has 0 bridgehead atoms. The lowest BCUT2D eigenvalue weighted by atomic mass is 10.2. The van der Waals surface area contributed by atoms with Crippen LogP contribution in [0.3, 0.4) is 0 Å². The highest BCUT2D eigenvalue weighted by Crippen LogP contribution is 2.27.